The first-order chi connectivity index (χ1) is 13.8. The van der Waals surface area contributed by atoms with Crippen molar-refractivity contribution in [1.29, 1.82) is 0 Å². The minimum atomic E-state index is -3.12. The molecule has 1 N–H and O–H groups in total. The summed E-state index contributed by atoms with van der Waals surface area (Å²) >= 11 is 0. The summed E-state index contributed by atoms with van der Waals surface area (Å²) in [6.07, 6.45) is 4.27. The van der Waals surface area contributed by atoms with Gasteiger partial charge in [0.25, 0.3) is 0 Å². The fourth-order valence-corrected chi connectivity index (χ4v) is 2.89. The third-order valence-electron chi connectivity index (χ3n) is 4.35. The fourth-order valence-electron chi connectivity index (χ4n) is 2.89. The largest absolute Gasteiger partial charge is 0.478 e. The molecule has 2 aromatic carbocycles. The van der Waals surface area contributed by atoms with Crippen LogP contribution in [0.25, 0.3) is 17.2 Å². The van der Waals surface area contributed by atoms with E-state index in [1.54, 1.807) is 30.3 Å². The van der Waals surface area contributed by atoms with Crippen LogP contribution in [0.4, 0.5) is 8.78 Å². The maximum absolute atomic E-state index is 13.6. The second-order valence-corrected chi connectivity index (χ2v) is 6.70. The summed E-state index contributed by atoms with van der Waals surface area (Å²) in [6, 6.07) is 14.0. The zero-order valence-electron chi connectivity index (χ0n) is 16.1. The van der Waals surface area contributed by atoms with Gasteiger partial charge in [0.05, 0.1) is 12.1 Å². The molecule has 0 spiro atoms. The molecule has 0 aliphatic heterocycles. The Labute approximate surface area is 167 Å². The normalized spacial score (nSPS) is 11.9. The van der Waals surface area contributed by atoms with Crippen LogP contribution in [0, 0.1) is 0 Å². The Hall–Kier alpha value is -3.35. The highest BCUT2D eigenvalue weighted by molar-refractivity contribution is 5.95. The van der Waals surface area contributed by atoms with Gasteiger partial charge >= 0.3 is 11.9 Å². The molecular weight excluding hydrogens is 376 g/mol. The highest BCUT2D eigenvalue weighted by Crippen LogP contribution is 2.26. The zero-order valence-corrected chi connectivity index (χ0v) is 16.1. The van der Waals surface area contributed by atoms with Crippen LogP contribution in [-0.2, 0) is 12.5 Å². The molecule has 0 amide bonds. The van der Waals surface area contributed by atoms with Crippen LogP contribution in [0.1, 0.15) is 47.8 Å². The van der Waals surface area contributed by atoms with E-state index in [1.165, 1.54) is 4.68 Å². The Morgan fingerprint density at radius 1 is 1.17 bits per heavy atom. The van der Waals surface area contributed by atoms with Crippen molar-refractivity contribution in [2.24, 2.45) is 0 Å². The number of carboxylic acids is 1. The molecule has 0 atom stereocenters. The van der Waals surface area contributed by atoms with Crippen LogP contribution in [-0.4, -0.2) is 25.8 Å². The highest BCUT2D eigenvalue weighted by atomic mass is 19.3. The number of carbonyl (C=O) groups is 1. The zero-order chi connectivity index (χ0) is 21.0. The van der Waals surface area contributed by atoms with Crippen molar-refractivity contribution in [3.05, 3.63) is 77.4 Å². The molecule has 3 rings (SSSR count). The SMILES string of the molecule is CC/C=C/c1nc(C(C)(F)F)nn1Cc1ccc(-c2ccccc2C(=O)O)cc1. The van der Waals surface area contributed by atoms with Gasteiger partial charge in [0.15, 0.2) is 5.82 Å². The van der Waals surface area contributed by atoms with Gasteiger partial charge in [0.2, 0.25) is 5.82 Å². The molecule has 0 unspecified atom stereocenters. The Morgan fingerprint density at radius 2 is 1.86 bits per heavy atom. The lowest BCUT2D eigenvalue weighted by molar-refractivity contribution is 0.00758. The standard InChI is InChI=1S/C22H21F2N3O2/c1-3-4-9-19-25-21(22(2,23)24)26-27(19)14-15-10-12-16(13-11-15)17-7-5-6-8-18(17)20(28)29/h4-13H,3,14H2,1-2H3,(H,28,29)/b9-4+. The average Bonchev–Trinajstić information content (AvgIpc) is 3.10. The van der Waals surface area contributed by atoms with Gasteiger partial charge in [0, 0.05) is 6.92 Å². The molecule has 150 valence electrons. The van der Waals surface area contributed by atoms with Gasteiger partial charge in [0.1, 0.15) is 0 Å². The first-order valence-corrected chi connectivity index (χ1v) is 9.21. The lowest BCUT2D eigenvalue weighted by Crippen LogP contribution is -2.11. The number of allylic oxidation sites excluding steroid dienone is 1. The number of aromatic carboxylic acids is 1. The van der Waals surface area contributed by atoms with Crippen molar-refractivity contribution < 1.29 is 18.7 Å². The Balaban J connectivity index is 1.90. The molecule has 29 heavy (non-hydrogen) atoms. The van der Waals surface area contributed by atoms with Crippen LogP contribution in [0.15, 0.2) is 54.6 Å². The van der Waals surface area contributed by atoms with Crippen molar-refractivity contribution in [2.75, 3.05) is 0 Å². The maximum Gasteiger partial charge on any atom is 0.336 e. The first-order valence-electron chi connectivity index (χ1n) is 9.21. The van der Waals surface area contributed by atoms with Gasteiger partial charge in [-0.15, -0.1) is 5.10 Å². The highest BCUT2D eigenvalue weighted by Gasteiger charge is 2.30. The second-order valence-electron chi connectivity index (χ2n) is 6.70. The number of carboxylic acid groups (broad SMARTS) is 1. The van der Waals surface area contributed by atoms with E-state index < -0.39 is 17.7 Å². The molecule has 0 aliphatic carbocycles. The summed E-state index contributed by atoms with van der Waals surface area (Å²) in [7, 11) is 0. The van der Waals surface area contributed by atoms with Crippen LogP contribution < -0.4 is 0 Å². The Morgan fingerprint density at radius 3 is 2.48 bits per heavy atom. The average molecular weight is 397 g/mol. The number of benzene rings is 2. The molecule has 0 aliphatic rings. The summed E-state index contributed by atoms with van der Waals surface area (Å²) < 4.78 is 28.7. The number of alkyl halides is 2. The maximum atomic E-state index is 13.6. The quantitative estimate of drug-likeness (QED) is 0.593. The summed E-state index contributed by atoms with van der Waals surface area (Å²) in [5.41, 5.74) is 2.44. The van der Waals surface area contributed by atoms with Gasteiger partial charge in [-0.05, 0) is 35.3 Å². The van der Waals surface area contributed by atoms with Gasteiger partial charge in [-0.3, -0.25) is 0 Å². The third-order valence-corrected chi connectivity index (χ3v) is 4.35. The topological polar surface area (TPSA) is 68.0 Å². The van der Waals surface area contributed by atoms with E-state index in [-0.39, 0.29) is 12.1 Å². The van der Waals surface area contributed by atoms with E-state index in [9.17, 15) is 18.7 Å². The molecule has 0 radical (unpaired) electrons. The number of halogens is 2. The summed E-state index contributed by atoms with van der Waals surface area (Å²) in [5, 5.41) is 13.3. The third kappa shape index (κ3) is 4.74. The van der Waals surface area contributed by atoms with Crippen LogP contribution in [0.3, 0.4) is 0 Å². The molecule has 0 saturated carbocycles. The molecule has 0 bridgehead atoms. The number of aromatic nitrogens is 3. The van der Waals surface area contributed by atoms with Crippen molar-refractivity contribution in [2.45, 2.75) is 32.7 Å². The van der Waals surface area contributed by atoms with Gasteiger partial charge in [-0.2, -0.15) is 8.78 Å². The van der Waals surface area contributed by atoms with E-state index >= 15 is 0 Å². The monoisotopic (exact) mass is 397 g/mol. The Kier molecular flexibility index (Phi) is 5.87. The number of nitrogens with zero attached hydrogens (tertiary/aromatic N) is 3. The van der Waals surface area contributed by atoms with E-state index in [1.807, 2.05) is 37.3 Å². The van der Waals surface area contributed by atoms with Gasteiger partial charge < -0.3 is 5.11 Å². The fraction of sp³-hybridized carbons (Fsp3) is 0.227. The van der Waals surface area contributed by atoms with Crippen LogP contribution in [0.5, 0.6) is 0 Å². The number of hydrogen-bond acceptors (Lipinski definition) is 3. The smallest absolute Gasteiger partial charge is 0.336 e. The summed E-state index contributed by atoms with van der Waals surface area (Å²) in [4.78, 5) is 15.4. The molecule has 0 fully saturated rings. The van der Waals surface area contributed by atoms with Crippen LogP contribution in [0.2, 0.25) is 0 Å². The van der Waals surface area contributed by atoms with Crippen LogP contribution >= 0.6 is 0 Å². The molecular formula is C22H21F2N3O2. The molecule has 1 heterocycles. The molecule has 5 nitrogen and oxygen atoms in total. The van der Waals surface area contributed by atoms with Crippen molar-refractivity contribution in [3.8, 4) is 11.1 Å². The van der Waals surface area contributed by atoms with E-state index in [0.29, 0.717) is 11.4 Å². The predicted octanol–water partition coefficient (Wildman–Crippen LogP) is 5.23. The second kappa shape index (κ2) is 8.34. The first kappa shape index (κ1) is 20.4. The minimum Gasteiger partial charge on any atom is -0.478 e. The number of rotatable bonds is 7. The predicted molar refractivity (Wildman–Crippen MR) is 107 cm³/mol. The molecule has 3 aromatic rings. The van der Waals surface area contributed by atoms with E-state index in [0.717, 1.165) is 24.5 Å². The number of hydrogen-bond donors (Lipinski definition) is 1. The molecule has 7 heteroatoms. The van der Waals surface area contributed by atoms with Crippen molar-refractivity contribution in [3.63, 3.8) is 0 Å². The lowest BCUT2D eigenvalue weighted by Gasteiger charge is -2.08. The summed E-state index contributed by atoms with van der Waals surface area (Å²) in [6.45, 7) is 2.99. The Bertz CT molecular complexity index is 1030. The minimum absolute atomic E-state index is 0.221. The van der Waals surface area contributed by atoms with Gasteiger partial charge in [-0.1, -0.05) is 55.5 Å². The van der Waals surface area contributed by atoms with E-state index in [2.05, 4.69) is 10.1 Å². The summed E-state index contributed by atoms with van der Waals surface area (Å²) in [5.74, 6) is -4.26. The van der Waals surface area contributed by atoms with Crippen molar-refractivity contribution in [1.82, 2.24) is 14.8 Å². The molecule has 1 aromatic heterocycles. The lowest BCUT2D eigenvalue weighted by atomic mass is 9.99. The van der Waals surface area contributed by atoms with E-state index in [4.69, 9.17) is 0 Å². The van der Waals surface area contributed by atoms with Gasteiger partial charge in [-0.25, -0.2) is 14.5 Å². The molecule has 0 saturated heterocycles. The van der Waals surface area contributed by atoms with Crippen molar-refractivity contribution >= 4 is 12.0 Å².